The molecular formula is C18H14ClNO5. The van der Waals surface area contributed by atoms with Crippen LogP contribution in [0.25, 0.3) is 33.1 Å². The van der Waals surface area contributed by atoms with E-state index in [1.807, 2.05) is 43.3 Å². The first-order chi connectivity index (χ1) is 11.8. The van der Waals surface area contributed by atoms with Crippen molar-refractivity contribution in [1.82, 2.24) is 4.98 Å². The summed E-state index contributed by atoms with van der Waals surface area (Å²) in [5.41, 5.74) is 3.97. The maximum atomic E-state index is 8.60. The number of nitrogens with zero attached hydrogens (tertiary/aromatic N) is 1. The molecule has 1 N–H and O–H groups in total. The number of rotatable bonds is 1. The van der Waals surface area contributed by atoms with Crippen molar-refractivity contribution < 1.29 is 33.3 Å². The quantitative estimate of drug-likeness (QED) is 0.538. The van der Waals surface area contributed by atoms with E-state index in [0.717, 1.165) is 38.9 Å². The lowest BCUT2D eigenvalue weighted by atomic mass is 10.1. The van der Waals surface area contributed by atoms with Crippen LogP contribution in [0, 0.1) is 17.2 Å². The smallest absolute Gasteiger partial charge is 0.134 e. The molecule has 0 saturated carbocycles. The Morgan fingerprint density at radius 3 is 2.32 bits per heavy atom. The largest absolute Gasteiger partial charge is 0.461 e. The fourth-order valence-corrected chi connectivity index (χ4v) is 2.69. The molecule has 0 aliphatic rings. The van der Waals surface area contributed by atoms with E-state index in [4.69, 9.17) is 28.0 Å². The third kappa shape index (κ3) is 4.14. The summed E-state index contributed by atoms with van der Waals surface area (Å²) in [5, 5.41) is 2.27. The predicted molar refractivity (Wildman–Crippen MR) is 83.9 cm³/mol. The van der Waals surface area contributed by atoms with E-state index in [0.29, 0.717) is 0 Å². The summed E-state index contributed by atoms with van der Waals surface area (Å²) in [5.74, 6) is 0.911. The second-order valence-electron chi connectivity index (χ2n) is 5.31. The van der Waals surface area contributed by atoms with E-state index < -0.39 is 10.2 Å². The Morgan fingerprint density at radius 1 is 0.920 bits per heavy atom. The van der Waals surface area contributed by atoms with E-state index in [2.05, 4.69) is 24.3 Å². The highest BCUT2D eigenvalue weighted by atomic mass is 35.7. The minimum Gasteiger partial charge on any atom is -0.461 e. The van der Waals surface area contributed by atoms with E-state index in [1.165, 1.54) is 0 Å². The number of benzene rings is 2. The van der Waals surface area contributed by atoms with Crippen LogP contribution in [0.2, 0.25) is 0 Å². The van der Waals surface area contributed by atoms with Crippen LogP contribution in [0.15, 0.2) is 65.1 Å². The molecule has 0 amide bonds. The fourth-order valence-electron chi connectivity index (χ4n) is 2.69. The van der Waals surface area contributed by atoms with Gasteiger partial charge in [-0.1, -0.05) is 42.5 Å². The predicted octanol–water partition coefficient (Wildman–Crippen LogP) is 0.832. The zero-order chi connectivity index (χ0) is 18.0. The lowest BCUT2D eigenvalue weighted by Gasteiger charge is -2.03. The summed E-state index contributed by atoms with van der Waals surface area (Å²) in [6.45, 7) is 1.99. The lowest BCUT2D eigenvalue weighted by molar-refractivity contribution is -1.92. The van der Waals surface area contributed by atoms with Crippen molar-refractivity contribution in [3.8, 4) is 11.3 Å². The first-order valence-electron chi connectivity index (χ1n) is 7.30. The van der Waals surface area contributed by atoms with Crippen LogP contribution in [0.1, 0.15) is 5.76 Å². The first-order valence-corrected chi connectivity index (χ1v) is 8.57. The Labute approximate surface area is 145 Å². The number of furan rings is 1. The molecule has 0 fully saturated rings. The van der Waals surface area contributed by atoms with E-state index in [1.54, 1.807) is 0 Å². The van der Waals surface area contributed by atoms with Gasteiger partial charge in [-0.25, -0.2) is 4.98 Å². The van der Waals surface area contributed by atoms with Gasteiger partial charge in [0.05, 0.1) is 26.1 Å². The number of halogens is 1. The summed E-state index contributed by atoms with van der Waals surface area (Å²) < 4.78 is 38.5. The molecule has 0 spiro atoms. The van der Waals surface area contributed by atoms with Gasteiger partial charge in [0.25, 0.3) is 0 Å². The maximum absolute atomic E-state index is 8.60. The zero-order valence-electron chi connectivity index (χ0n) is 13.2. The molecule has 4 aromatic rings. The standard InChI is InChI=1S/C18H13NO.ClHO4/c1-12-18(14-7-3-5-9-17(14)20-12)16-11-10-13-6-2-4-8-15(13)19-16;2-1(3,4)5/h2-11H,1H3;(H,2,3,4,5). The molecule has 7 heteroatoms. The fraction of sp³-hybridized carbons (Fsp3) is 0.0556. The van der Waals surface area contributed by atoms with Gasteiger partial charge < -0.3 is 4.42 Å². The molecule has 25 heavy (non-hydrogen) atoms. The topological polar surface area (TPSA) is 115 Å². The third-order valence-electron chi connectivity index (χ3n) is 3.63. The Kier molecular flexibility index (Phi) is 4.71. The first kappa shape index (κ1) is 17.3. The Hall–Kier alpha value is -2.48. The van der Waals surface area contributed by atoms with Crippen molar-refractivity contribution in [2.75, 3.05) is 0 Å². The van der Waals surface area contributed by atoms with Crippen LogP contribution >= 0.6 is 0 Å². The highest BCUT2D eigenvalue weighted by molar-refractivity contribution is 5.96. The van der Waals surface area contributed by atoms with Gasteiger partial charge in [-0.15, -0.1) is 0 Å². The van der Waals surface area contributed by atoms with Gasteiger partial charge in [0.1, 0.15) is 11.3 Å². The van der Waals surface area contributed by atoms with Crippen LogP contribution < -0.4 is 14.0 Å². The van der Waals surface area contributed by atoms with Crippen LogP contribution in [-0.4, -0.2) is 9.64 Å². The second kappa shape index (κ2) is 6.79. The molecule has 0 aliphatic carbocycles. The number of aromatic nitrogens is 1. The van der Waals surface area contributed by atoms with Crippen molar-refractivity contribution in [2.45, 2.75) is 6.92 Å². The molecule has 128 valence electrons. The van der Waals surface area contributed by atoms with Gasteiger partial charge in [-0.2, -0.15) is 14.0 Å². The minimum absolute atomic E-state index is 0.911. The molecule has 0 bridgehead atoms. The summed E-state index contributed by atoms with van der Waals surface area (Å²) >= 11 is 0. The molecule has 2 heterocycles. The molecular weight excluding hydrogens is 346 g/mol. The Balaban J connectivity index is 0.000000324. The monoisotopic (exact) mass is 359 g/mol. The van der Waals surface area contributed by atoms with Crippen LogP contribution in [-0.2, 0) is 0 Å². The molecule has 4 rings (SSSR count). The van der Waals surface area contributed by atoms with Gasteiger partial charge in [0.2, 0.25) is 0 Å². The van der Waals surface area contributed by atoms with Crippen molar-refractivity contribution in [2.24, 2.45) is 0 Å². The molecule has 6 nitrogen and oxygen atoms in total. The normalized spacial score (nSPS) is 11.4. The van der Waals surface area contributed by atoms with E-state index >= 15 is 0 Å². The molecule has 2 aromatic heterocycles. The van der Waals surface area contributed by atoms with Crippen molar-refractivity contribution in [3.05, 3.63) is 66.4 Å². The van der Waals surface area contributed by atoms with Crippen molar-refractivity contribution in [3.63, 3.8) is 0 Å². The number of pyridine rings is 1. The molecule has 2 aromatic carbocycles. The van der Waals surface area contributed by atoms with E-state index in [9.17, 15) is 0 Å². The van der Waals surface area contributed by atoms with Gasteiger partial charge in [0.15, 0.2) is 0 Å². The zero-order valence-corrected chi connectivity index (χ0v) is 13.9. The van der Waals surface area contributed by atoms with Gasteiger partial charge in [-0.3, -0.25) is 0 Å². The van der Waals surface area contributed by atoms with Gasteiger partial charge >= 0.3 is 0 Å². The van der Waals surface area contributed by atoms with Crippen LogP contribution in [0.4, 0.5) is 0 Å². The SMILES string of the molecule is Cc1oc2ccccc2c1-c1ccc2ccccc2n1.[O-][Cl+3]([O-])([O-])O. The Bertz CT molecular complexity index is 1020. The number of hydrogen-bond donors (Lipinski definition) is 1. The van der Waals surface area contributed by atoms with Crippen LogP contribution in [0.5, 0.6) is 0 Å². The average Bonchev–Trinajstić information content (AvgIpc) is 2.88. The third-order valence-corrected chi connectivity index (χ3v) is 3.63. The minimum atomic E-state index is -4.69. The van der Waals surface area contributed by atoms with Crippen molar-refractivity contribution >= 4 is 21.9 Å². The summed E-state index contributed by atoms with van der Waals surface area (Å²) in [4.78, 5) is 4.77. The summed E-state index contributed by atoms with van der Waals surface area (Å²) in [6, 6.07) is 20.4. The summed E-state index contributed by atoms with van der Waals surface area (Å²) in [6.07, 6.45) is 0. The summed E-state index contributed by atoms with van der Waals surface area (Å²) in [7, 11) is -4.69. The Morgan fingerprint density at radius 2 is 1.56 bits per heavy atom. The second-order valence-corrected chi connectivity index (χ2v) is 6.11. The van der Waals surface area contributed by atoms with Gasteiger partial charge in [-0.05, 0) is 25.1 Å². The molecule has 0 aliphatic heterocycles. The lowest BCUT2D eigenvalue weighted by Crippen LogP contribution is -2.58. The van der Waals surface area contributed by atoms with Crippen molar-refractivity contribution in [1.29, 1.82) is 0 Å². The molecule has 0 unspecified atom stereocenters. The van der Waals surface area contributed by atoms with E-state index in [-0.39, 0.29) is 0 Å². The number of aryl methyl sites for hydroxylation is 1. The number of para-hydroxylation sites is 2. The maximum Gasteiger partial charge on any atom is 0.134 e. The van der Waals surface area contributed by atoms with Gasteiger partial charge in [0, 0.05) is 16.3 Å². The molecule has 0 radical (unpaired) electrons. The highest BCUT2D eigenvalue weighted by Gasteiger charge is 2.13. The number of fused-ring (bicyclic) bond motifs is 2. The average molecular weight is 360 g/mol. The molecule has 0 atom stereocenters. The number of hydrogen-bond acceptors (Lipinski definition) is 6. The van der Waals surface area contributed by atoms with Crippen LogP contribution in [0.3, 0.4) is 0 Å². The molecule has 0 saturated heterocycles. The highest BCUT2D eigenvalue weighted by Crippen LogP contribution is 2.33.